The average Bonchev–Trinajstić information content (AvgIpc) is 3.32. The number of hydrogen-bond donors (Lipinski definition) is 2. The minimum Gasteiger partial charge on any atom is -0.506 e. The molecule has 0 spiro atoms. The van der Waals surface area contributed by atoms with E-state index in [4.69, 9.17) is 9.68 Å². The monoisotopic (exact) mass is 855 g/mol. The van der Waals surface area contributed by atoms with Crippen molar-refractivity contribution < 1.29 is 24.4 Å². The van der Waals surface area contributed by atoms with E-state index in [1.165, 1.54) is 28.7 Å². The van der Waals surface area contributed by atoms with Gasteiger partial charge in [0.15, 0.2) is 11.6 Å². The molecule has 0 saturated heterocycles. The molecule has 2 N–H and O–H groups in total. The summed E-state index contributed by atoms with van der Waals surface area (Å²) in [6.07, 6.45) is 2.94. The van der Waals surface area contributed by atoms with Gasteiger partial charge in [-0.1, -0.05) is 101 Å². The molecule has 0 saturated carbocycles. The summed E-state index contributed by atoms with van der Waals surface area (Å²) in [7, 11) is 0. The van der Waals surface area contributed by atoms with Gasteiger partial charge in [-0.15, -0.1) is 5.11 Å². The quantitative estimate of drug-likeness (QED) is 0.0483. The Kier molecular flexibility index (Phi) is 12.0. The topological polar surface area (TPSA) is 125 Å². The zero-order valence-corrected chi connectivity index (χ0v) is 36.2. The van der Waals surface area contributed by atoms with Crippen LogP contribution in [0.25, 0.3) is 10.8 Å². The zero-order chi connectivity index (χ0) is 44.9. The first kappa shape index (κ1) is 42.0. The number of carbonyl (C=O) groups excluding carboxylic acids is 2. The third kappa shape index (κ3) is 9.38. The number of oxime groups is 1. The van der Waals surface area contributed by atoms with Gasteiger partial charge in [-0.05, 0) is 141 Å². The molecule has 0 bridgehead atoms. The van der Waals surface area contributed by atoms with Crippen LogP contribution in [0.15, 0.2) is 179 Å². The number of benzene rings is 8. The number of ketones is 2. The fourth-order valence-electron chi connectivity index (χ4n) is 7.95. The van der Waals surface area contributed by atoms with Gasteiger partial charge in [0.1, 0.15) is 18.0 Å². The predicted molar refractivity (Wildman–Crippen MR) is 257 cm³/mol. The van der Waals surface area contributed by atoms with Gasteiger partial charge >= 0.3 is 0 Å². The van der Waals surface area contributed by atoms with Crippen molar-refractivity contribution in [2.75, 3.05) is 10.4 Å². The molecule has 8 aromatic carbocycles. The van der Waals surface area contributed by atoms with Crippen molar-refractivity contribution in [1.29, 1.82) is 0 Å². The summed E-state index contributed by atoms with van der Waals surface area (Å²) in [5.74, 6) is -0.489. The van der Waals surface area contributed by atoms with Crippen LogP contribution >= 0.6 is 0 Å². The highest BCUT2D eigenvalue weighted by Gasteiger charge is 2.30. The minimum atomic E-state index is -0.238. The Balaban J connectivity index is 0.772. The summed E-state index contributed by atoms with van der Waals surface area (Å²) in [6, 6.07) is 53.0. The van der Waals surface area contributed by atoms with Crippen LogP contribution in [-0.2, 0) is 29.1 Å². The molecule has 10 heteroatoms. The number of hydrogen-bond acceptors (Lipinski definition) is 10. The van der Waals surface area contributed by atoms with Gasteiger partial charge in [-0.2, -0.15) is 5.11 Å². The lowest BCUT2D eigenvalue weighted by atomic mass is 9.83. The Morgan fingerprint density at radius 3 is 1.89 bits per heavy atom. The van der Waals surface area contributed by atoms with Crippen LogP contribution in [0.1, 0.15) is 65.2 Å². The SMILES string of the molecule is Cc1ccc(N(c2ccc(C)cc2)c2ccc(CCc3cccc(NOC=NOCc4ccc5c(N=Nc6ccc7c(c6)C(=O)c6ccc(C)cc6C7=O)c(O)ccc5c4)c3)cc2)cc1. The molecular formula is C55H45N5O5. The Morgan fingerprint density at radius 1 is 0.569 bits per heavy atom. The number of fused-ring (bicyclic) bond motifs is 3. The maximum absolute atomic E-state index is 13.3. The molecule has 65 heavy (non-hydrogen) atoms. The van der Waals surface area contributed by atoms with Gasteiger partial charge in [-0.25, -0.2) is 5.48 Å². The van der Waals surface area contributed by atoms with Gasteiger partial charge in [0, 0.05) is 44.7 Å². The molecule has 320 valence electrons. The fourth-order valence-corrected chi connectivity index (χ4v) is 7.95. The molecule has 0 aromatic heterocycles. The van der Waals surface area contributed by atoms with E-state index in [0.717, 1.165) is 52.1 Å². The van der Waals surface area contributed by atoms with Crippen LogP contribution in [-0.4, -0.2) is 23.1 Å². The lowest BCUT2D eigenvalue weighted by molar-refractivity contribution is 0.0979. The van der Waals surface area contributed by atoms with E-state index in [9.17, 15) is 14.7 Å². The lowest BCUT2D eigenvalue weighted by Gasteiger charge is -2.26. The summed E-state index contributed by atoms with van der Waals surface area (Å²) >= 11 is 0. The van der Waals surface area contributed by atoms with Crippen molar-refractivity contribution in [3.05, 3.63) is 219 Å². The third-order valence-electron chi connectivity index (χ3n) is 11.4. The molecule has 1 aliphatic carbocycles. The van der Waals surface area contributed by atoms with E-state index in [1.807, 2.05) is 43.3 Å². The van der Waals surface area contributed by atoms with Gasteiger partial charge in [0.2, 0.25) is 6.40 Å². The molecule has 0 heterocycles. The van der Waals surface area contributed by atoms with Crippen molar-refractivity contribution in [3.63, 3.8) is 0 Å². The number of aromatic hydroxyl groups is 1. The van der Waals surface area contributed by atoms with Crippen molar-refractivity contribution in [3.8, 4) is 5.75 Å². The summed E-state index contributed by atoms with van der Waals surface area (Å²) in [4.78, 5) is 39.7. The van der Waals surface area contributed by atoms with Crippen LogP contribution in [0.3, 0.4) is 0 Å². The minimum absolute atomic E-state index is 0.0518. The Hall–Kier alpha value is -8.37. The fraction of sp³-hybridized carbons (Fsp3) is 0.109. The first-order valence-electron chi connectivity index (χ1n) is 21.3. The highest BCUT2D eigenvalue weighted by Crippen LogP contribution is 2.38. The molecule has 0 unspecified atom stereocenters. The van der Waals surface area contributed by atoms with Crippen LogP contribution < -0.4 is 10.4 Å². The smallest absolute Gasteiger partial charge is 0.245 e. The predicted octanol–water partition coefficient (Wildman–Crippen LogP) is 13.4. The van der Waals surface area contributed by atoms with E-state index in [0.29, 0.717) is 27.8 Å². The number of nitrogens with zero attached hydrogens (tertiary/aromatic N) is 4. The molecule has 0 amide bonds. The Labute approximate surface area is 377 Å². The van der Waals surface area contributed by atoms with Crippen LogP contribution in [0, 0.1) is 20.8 Å². The summed E-state index contributed by atoms with van der Waals surface area (Å²) < 4.78 is 0. The van der Waals surface area contributed by atoms with E-state index in [2.05, 4.69) is 125 Å². The average molecular weight is 856 g/mol. The molecule has 0 radical (unpaired) electrons. The lowest BCUT2D eigenvalue weighted by Crippen LogP contribution is -2.20. The number of anilines is 4. The number of azo groups is 1. The zero-order valence-electron chi connectivity index (χ0n) is 36.2. The molecular weight excluding hydrogens is 811 g/mol. The molecule has 0 aliphatic heterocycles. The Bertz CT molecular complexity index is 3080. The van der Waals surface area contributed by atoms with E-state index in [1.54, 1.807) is 42.5 Å². The second-order valence-electron chi connectivity index (χ2n) is 16.2. The number of phenolic OH excluding ortho intramolecular Hbond substituents is 1. The van der Waals surface area contributed by atoms with Crippen molar-refractivity contribution >= 4 is 62.9 Å². The summed E-state index contributed by atoms with van der Waals surface area (Å²) in [5.41, 5.74) is 15.7. The van der Waals surface area contributed by atoms with Gasteiger partial charge in [-0.3, -0.25) is 9.59 Å². The largest absolute Gasteiger partial charge is 0.506 e. The maximum atomic E-state index is 13.3. The van der Waals surface area contributed by atoms with Crippen LogP contribution in [0.2, 0.25) is 0 Å². The van der Waals surface area contributed by atoms with Crippen molar-refractivity contribution in [2.45, 2.75) is 40.2 Å². The second-order valence-corrected chi connectivity index (χ2v) is 16.2. The highest BCUT2D eigenvalue weighted by molar-refractivity contribution is 6.28. The maximum Gasteiger partial charge on any atom is 0.245 e. The van der Waals surface area contributed by atoms with Gasteiger partial charge < -0.3 is 19.7 Å². The van der Waals surface area contributed by atoms with Crippen molar-refractivity contribution in [2.24, 2.45) is 15.4 Å². The van der Waals surface area contributed by atoms with E-state index in [-0.39, 0.29) is 35.2 Å². The molecule has 8 aromatic rings. The van der Waals surface area contributed by atoms with Crippen LogP contribution in [0.5, 0.6) is 5.75 Å². The van der Waals surface area contributed by atoms with E-state index < -0.39 is 0 Å². The molecule has 9 rings (SSSR count). The summed E-state index contributed by atoms with van der Waals surface area (Å²) in [6.45, 7) is 6.26. The third-order valence-corrected chi connectivity index (χ3v) is 11.4. The van der Waals surface area contributed by atoms with Crippen molar-refractivity contribution in [1.82, 2.24) is 0 Å². The molecule has 0 atom stereocenters. The second kappa shape index (κ2) is 18.5. The molecule has 10 nitrogen and oxygen atoms in total. The van der Waals surface area contributed by atoms with E-state index >= 15 is 0 Å². The van der Waals surface area contributed by atoms with Gasteiger partial charge in [0.25, 0.3) is 0 Å². The van der Waals surface area contributed by atoms with Gasteiger partial charge in [0.05, 0.1) is 11.4 Å². The number of aryl methyl sites for hydroxylation is 5. The first-order chi connectivity index (χ1) is 31.7. The molecule has 0 fully saturated rings. The Morgan fingerprint density at radius 2 is 1.18 bits per heavy atom. The number of nitrogens with one attached hydrogen (secondary N) is 1. The van der Waals surface area contributed by atoms with Crippen LogP contribution in [0.4, 0.5) is 34.1 Å². The molecule has 1 aliphatic rings. The first-order valence-corrected chi connectivity index (χ1v) is 21.3. The standard InChI is InChI=1S/C55H45N5O5/c1-35-7-19-44(20-8-35)60(45-21-9-36(2)10-22-45)46-23-14-38(15-24-46)12-13-39-5-4-6-43(31-39)59-65-34-56-64-33-40-16-26-47-41(30-40)17-28-52(61)53(47)58-57-42-18-27-49-51(32-42)55(63)48-25-11-37(3)29-50(48)54(49)62/h4-11,14-32,34,59,61H,12-13,33H2,1-3H3. The normalized spacial score (nSPS) is 12.1. The summed E-state index contributed by atoms with van der Waals surface area (Å²) in [5, 5.41) is 24.8. The highest BCUT2D eigenvalue weighted by atomic mass is 16.7. The number of rotatable bonds is 14. The number of phenols is 1. The number of carbonyl (C=O) groups is 2.